The monoisotopic (exact) mass is 154 g/mol. The van der Waals surface area contributed by atoms with Crippen LogP contribution in [-0.2, 0) is 4.79 Å². The zero-order valence-electron chi connectivity index (χ0n) is 6.81. The molecule has 0 aromatic carbocycles. The molecule has 0 aromatic rings. The van der Waals surface area contributed by atoms with Crippen LogP contribution in [0, 0.1) is 12.3 Å². The third-order valence-electron chi connectivity index (χ3n) is 1.13. The van der Waals surface area contributed by atoms with E-state index in [4.69, 9.17) is 6.42 Å². The van der Waals surface area contributed by atoms with E-state index in [0.717, 1.165) is 0 Å². The predicted octanol–water partition coefficient (Wildman–Crippen LogP) is -0.265. The molecule has 3 nitrogen and oxygen atoms in total. The lowest BCUT2D eigenvalue weighted by Crippen LogP contribution is -2.27. The van der Waals surface area contributed by atoms with E-state index in [9.17, 15) is 4.79 Å². The van der Waals surface area contributed by atoms with Crippen molar-refractivity contribution < 1.29 is 4.79 Å². The van der Waals surface area contributed by atoms with E-state index < -0.39 is 0 Å². The number of hydrogen-bond donors (Lipinski definition) is 2. The van der Waals surface area contributed by atoms with Crippen molar-refractivity contribution in [2.75, 3.05) is 19.6 Å². The molecule has 11 heavy (non-hydrogen) atoms. The molecular weight excluding hydrogens is 140 g/mol. The van der Waals surface area contributed by atoms with Crippen LogP contribution < -0.4 is 10.6 Å². The molecule has 0 aliphatic carbocycles. The number of amides is 1. The fraction of sp³-hybridized carbons (Fsp3) is 0.625. The lowest BCUT2D eigenvalue weighted by molar-refractivity contribution is -0.120. The van der Waals surface area contributed by atoms with E-state index in [2.05, 4.69) is 16.6 Å². The van der Waals surface area contributed by atoms with E-state index in [1.54, 1.807) is 0 Å². The highest BCUT2D eigenvalue weighted by Crippen LogP contribution is 1.75. The first-order chi connectivity index (χ1) is 5.31. The van der Waals surface area contributed by atoms with Gasteiger partial charge >= 0.3 is 0 Å². The van der Waals surface area contributed by atoms with Crippen LogP contribution >= 0.6 is 0 Å². The maximum atomic E-state index is 10.8. The van der Waals surface area contributed by atoms with E-state index in [1.165, 1.54) is 0 Å². The fourth-order valence-electron chi connectivity index (χ4n) is 0.648. The molecule has 0 saturated heterocycles. The minimum atomic E-state index is 0.0667. The van der Waals surface area contributed by atoms with Gasteiger partial charge in [0.15, 0.2) is 0 Å². The van der Waals surface area contributed by atoms with Gasteiger partial charge in [-0.05, 0) is 6.92 Å². The molecule has 0 rings (SSSR count). The summed E-state index contributed by atoms with van der Waals surface area (Å²) >= 11 is 0. The molecule has 0 radical (unpaired) electrons. The maximum absolute atomic E-state index is 10.8. The van der Waals surface area contributed by atoms with Gasteiger partial charge in [-0.1, -0.05) is 5.92 Å². The van der Waals surface area contributed by atoms with Gasteiger partial charge in [0.05, 0.1) is 6.54 Å². The highest BCUT2D eigenvalue weighted by molar-refractivity contribution is 5.75. The molecule has 1 amide bonds. The molecule has 0 saturated carbocycles. The van der Waals surface area contributed by atoms with E-state index >= 15 is 0 Å². The van der Waals surface area contributed by atoms with Crippen LogP contribution in [0.15, 0.2) is 0 Å². The Morgan fingerprint density at radius 2 is 2.36 bits per heavy atom. The van der Waals surface area contributed by atoms with Crippen molar-refractivity contribution in [3.05, 3.63) is 0 Å². The Kier molecular flexibility index (Phi) is 6.45. The zero-order valence-corrected chi connectivity index (χ0v) is 6.81. The normalized spacial score (nSPS) is 8.73. The second kappa shape index (κ2) is 7.10. The number of rotatable bonds is 5. The smallest absolute Gasteiger partial charge is 0.221 e. The van der Waals surface area contributed by atoms with Crippen molar-refractivity contribution in [1.29, 1.82) is 0 Å². The molecule has 0 aliphatic rings. The summed E-state index contributed by atoms with van der Waals surface area (Å²) in [6.07, 6.45) is 5.49. The minimum absolute atomic E-state index is 0.0667. The molecule has 0 heterocycles. The summed E-state index contributed by atoms with van der Waals surface area (Å²) in [7, 11) is 0. The molecule has 62 valence electrons. The first-order valence-corrected chi connectivity index (χ1v) is 3.72. The summed E-state index contributed by atoms with van der Waals surface area (Å²) in [5, 5.41) is 5.62. The molecule has 0 aliphatic heterocycles. The Morgan fingerprint density at radius 1 is 1.64 bits per heavy atom. The first-order valence-electron chi connectivity index (χ1n) is 3.72. The summed E-state index contributed by atoms with van der Waals surface area (Å²) < 4.78 is 0. The number of terminal acetylenes is 1. The predicted molar refractivity (Wildman–Crippen MR) is 45.0 cm³/mol. The highest BCUT2D eigenvalue weighted by Gasteiger charge is 1.95. The number of carbonyl (C=O) groups is 1. The van der Waals surface area contributed by atoms with Crippen LogP contribution in [0.5, 0.6) is 0 Å². The Labute approximate surface area is 67.6 Å². The van der Waals surface area contributed by atoms with Crippen LogP contribution in [0.1, 0.15) is 13.3 Å². The summed E-state index contributed by atoms with van der Waals surface area (Å²) in [5.74, 6) is 2.50. The third kappa shape index (κ3) is 6.88. The number of nitrogens with one attached hydrogen (secondary N) is 2. The van der Waals surface area contributed by atoms with Crippen molar-refractivity contribution in [2.24, 2.45) is 0 Å². The van der Waals surface area contributed by atoms with Gasteiger partial charge in [0.1, 0.15) is 0 Å². The average Bonchev–Trinajstić information content (AvgIpc) is 1.99. The topological polar surface area (TPSA) is 41.1 Å². The van der Waals surface area contributed by atoms with Gasteiger partial charge in [0.25, 0.3) is 0 Å². The van der Waals surface area contributed by atoms with Gasteiger partial charge < -0.3 is 10.6 Å². The quantitative estimate of drug-likeness (QED) is 0.423. The maximum Gasteiger partial charge on any atom is 0.221 e. The SMILES string of the molecule is C#CCNCCC(=O)NCC. The standard InChI is InChI=1S/C8H14N2O/c1-3-6-9-7-5-8(11)10-4-2/h1,9H,4-7H2,2H3,(H,10,11). The molecule has 0 unspecified atom stereocenters. The van der Waals surface area contributed by atoms with Crippen LogP contribution in [0.25, 0.3) is 0 Å². The van der Waals surface area contributed by atoms with Gasteiger partial charge in [0.2, 0.25) is 5.91 Å². The van der Waals surface area contributed by atoms with E-state index in [0.29, 0.717) is 26.1 Å². The molecule has 0 aromatic heterocycles. The summed E-state index contributed by atoms with van der Waals surface area (Å²) in [6, 6.07) is 0. The van der Waals surface area contributed by atoms with Gasteiger partial charge in [-0.15, -0.1) is 6.42 Å². The molecule has 0 bridgehead atoms. The van der Waals surface area contributed by atoms with E-state index in [-0.39, 0.29) is 5.91 Å². The number of carbonyl (C=O) groups excluding carboxylic acids is 1. The van der Waals surface area contributed by atoms with Crippen molar-refractivity contribution in [1.82, 2.24) is 10.6 Å². The second-order valence-corrected chi connectivity index (χ2v) is 2.08. The molecule has 0 atom stereocenters. The molecular formula is C8H14N2O. The zero-order chi connectivity index (χ0) is 8.53. The Balaban J connectivity index is 3.12. The Hall–Kier alpha value is -1.01. The van der Waals surface area contributed by atoms with E-state index in [1.807, 2.05) is 6.92 Å². The highest BCUT2D eigenvalue weighted by atomic mass is 16.1. The summed E-state index contributed by atoms with van der Waals surface area (Å²) in [6.45, 7) is 3.76. The average molecular weight is 154 g/mol. The van der Waals surface area contributed by atoms with Crippen molar-refractivity contribution in [3.8, 4) is 12.3 Å². The lowest BCUT2D eigenvalue weighted by Gasteiger charge is -2.00. The van der Waals surface area contributed by atoms with Gasteiger partial charge in [-0.2, -0.15) is 0 Å². The summed E-state index contributed by atoms with van der Waals surface area (Å²) in [4.78, 5) is 10.8. The third-order valence-corrected chi connectivity index (χ3v) is 1.13. The molecule has 0 spiro atoms. The van der Waals surface area contributed by atoms with Crippen LogP contribution in [0.2, 0.25) is 0 Å². The minimum Gasteiger partial charge on any atom is -0.356 e. The van der Waals surface area contributed by atoms with Crippen LogP contribution in [0.3, 0.4) is 0 Å². The van der Waals surface area contributed by atoms with Crippen LogP contribution in [-0.4, -0.2) is 25.5 Å². The molecule has 3 heteroatoms. The molecule has 0 fully saturated rings. The van der Waals surface area contributed by atoms with Gasteiger partial charge in [-0.25, -0.2) is 0 Å². The van der Waals surface area contributed by atoms with Crippen LogP contribution in [0.4, 0.5) is 0 Å². The van der Waals surface area contributed by atoms with Crippen molar-refractivity contribution in [2.45, 2.75) is 13.3 Å². The summed E-state index contributed by atoms with van der Waals surface area (Å²) in [5.41, 5.74) is 0. The fourth-order valence-corrected chi connectivity index (χ4v) is 0.648. The lowest BCUT2D eigenvalue weighted by atomic mass is 10.4. The van der Waals surface area contributed by atoms with Gasteiger partial charge in [0, 0.05) is 19.5 Å². The Bertz CT molecular complexity index is 149. The second-order valence-electron chi connectivity index (χ2n) is 2.08. The Morgan fingerprint density at radius 3 is 2.91 bits per heavy atom. The number of hydrogen-bond acceptors (Lipinski definition) is 2. The first kappa shape index (κ1) is 9.99. The largest absolute Gasteiger partial charge is 0.356 e. The molecule has 2 N–H and O–H groups in total. The van der Waals surface area contributed by atoms with Crippen molar-refractivity contribution in [3.63, 3.8) is 0 Å². The van der Waals surface area contributed by atoms with Gasteiger partial charge in [-0.3, -0.25) is 4.79 Å². The van der Waals surface area contributed by atoms with Crippen molar-refractivity contribution >= 4 is 5.91 Å².